The summed E-state index contributed by atoms with van der Waals surface area (Å²) in [6, 6.07) is 4.08. The van der Waals surface area contributed by atoms with Crippen LogP contribution in [0.2, 0.25) is 0 Å². The lowest BCUT2D eigenvalue weighted by Crippen LogP contribution is -2.38. The molecule has 0 bridgehead atoms. The van der Waals surface area contributed by atoms with Crippen LogP contribution in [0.3, 0.4) is 0 Å². The van der Waals surface area contributed by atoms with Crippen LogP contribution in [-0.4, -0.2) is 28.4 Å². The van der Waals surface area contributed by atoms with Crippen LogP contribution in [0, 0.1) is 0 Å². The molecule has 5 nitrogen and oxygen atoms in total. The van der Waals surface area contributed by atoms with E-state index in [1.165, 1.54) is 0 Å². The monoisotopic (exact) mass is 234 g/mol. The maximum Gasteiger partial charge on any atom is 0.320 e. The van der Waals surface area contributed by atoms with Crippen molar-refractivity contribution >= 4 is 17.9 Å². The highest BCUT2D eigenvalue weighted by Crippen LogP contribution is 2.44. The predicted octanol–water partition coefficient (Wildman–Crippen LogP) is 1.17. The number of phenols is 1. The first-order valence-electron chi connectivity index (χ1n) is 5.30. The summed E-state index contributed by atoms with van der Waals surface area (Å²) in [6.45, 7) is 1.82. The quantitative estimate of drug-likeness (QED) is 0.731. The molecule has 1 unspecified atom stereocenters. The van der Waals surface area contributed by atoms with Crippen LogP contribution in [-0.2, 0) is 10.2 Å². The molecular formula is C12H14N2O3. The Labute approximate surface area is 98.6 Å². The number of fused-ring (bicyclic) bond motifs is 1. The van der Waals surface area contributed by atoms with Crippen molar-refractivity contribution < 1.29 is 15.0 Å². The summed E-state index contributed by atoms with van der Waals surface area (Å²) in [6.07, 6.45) is 1.86. The van der Waals surface area contributed by atoms with Gasteiger partial charge < -0.3 is 15.9 Å². The number of nitrogens with zero attached hydrogens (tertiary/aromatic N) is 1. The molecule has 0 amide bonds. The second-order valence-corrected chi connectivity index (χ2v) is 4.50. The molecule has 0 aromatic heterocycles. The largest absolute Gasteiger partial charge is 0.508 e. The summed E-state index contributed by atoms with van der Waals surface area (Å²) in [7, 11) is 0. The van der Waals surface area contributed by atoms with Crippen molar-refractivity contribution in [1.82, 2.24) is 0 Å². The topological polar surface area (TPSA) is 95.9 Å². The Bertz CT molecular complexity index is 499. The predicted molar refractivity (Wildman–Crippen MR) is 63.8 cm³/mol. The molecular weight excluding hydrogens is 220 g/mol. The van der Waals surface area contributed by atoms with Crippen molar-refractivity contribution in [3.8, 4) is 5.75 Å². The number of carboxylic acid groups (broad SMARTS) is 1. The molecule has 1 aromatic rings. The van der Waals surface area contributed by atoms with Crippen LogP contribution < -0.4 is 5.73 Å². The van der Waals surface area contributed by atoms with Crippen molar-refractivity contribution in [3.63, 3.8) is 0 Å². The number of aliphatic imine (C=N–C) groups is 1. The summed E-state index contributed by atoms with van der Waals surface area (Å²) in [5, 5.41) is 18.7. The average molecular weight is 234 g/mol. The van der Waals surface area contributed by atoms with Crippen molar-refractivity contribution in [3.05, 3.63) is 23.8 Å². The minimum atomic E-state index is -1.05. The second-order valence-electron chi connectivity index (χ2n) is 4.50. The van der Waals surface area contributed by atoms with E-state index in [0.29, 0.717) is 11.3 Å². The Morgan fingerprint density at radius 3 is 2.94 bits per heavy atom. The maximum atomic E-state index is 10.8. The van der Waals surface area contributed by atoms with Gasteiger partial charge in [-0.15, -0.1) is 0 Å². The summed E-state index contributed by atoms with van der Waals surface area (Å²) in [4.78, 5) is 15.0. The highest BCUT2D eigenvalue weighted by atomic mass is 16.4. The smallest absolute Gasteiger partial charge is 0.320 e. The third kappa shape index (κ3) is 1.89. The van der Waals surface area contributed by atoms with Gasteiger partial charge >= 0.3 is 5.97 Å². The molecule has 0 spiro atoms. The summed E-state index contributed by atoms with van der Waals surface area (Å²) < 4.78 is 0. The Balaban J connectivity index is 2.37. The zero-order valence-electron chi connectivity index (χ0n) is 9.42. The zero-order chi connectivity index (χ0) is 12.6. The molecule has 17 heavy (non-hydrogen) atoms. The number of carbonyl (C=O) groups is 1. The minimum absolute atomic E-state index is 0.125. The molecule has 1 aromatic carbocycles. The first-order valence-corrected chi connectivity index (χ1v) is 5.30. The van der Waals surface area contributed by atoms with Gasteiger partial charge in [-0.05, 0) is 18.6 Å². The summed E-state index contributed by atoms with van der Waals surface area (Å²) in [5.41, 5.74) is 6.24. The summed E-state index contributed by atoms with van der Waals surface area (Å²) >= 11 is 0. The van der Waals surface area contributed by atoms with Gasteiger partial charge in [0.25, 0.3) is 0 Å². The number of rotatable bonds is 3. The molecule has 0 fully saturated rings. The van der Waals surface area contributed by atoms with Gasteiger partial charge in [0.1, 0.15) is 11.8 Å². The Kier molecular flexibility index (Phi) is 2.63. The molecule has 0 aliphatic carbocycles. The molecule has 90 valence electrons. The van der Waals surface area contributed by atoms with Gasteiger partial charge in [0.2, 0.25) is 0 Å². The van der Waals surface area contributed by atoms with E-state index in [1.54, 1.807) is 24.4 Å². The van der Waals surface area contributed by atoms with E-state index in [-0.39, 0.29) is 12.2 Å². The lowest BCUT2D eigenvalue weighted by molar-refractivity contribution is -0.138. The molecule has 1 aliphatic rings. The molecule has 1 aliphatic heterocycles. The van der Waals surface area contributed by atoms with E-state index in [2.05, 4.69) is 4.99 Å². The fourth-order valence-electron chi connectivity index (χ4n) is 2.20. The zero-order valence-corrected chi connectivity index (χ0v) is 9.42. The number of benzene rings is 1. The fourth-order valence-corrected chi connectivity index (χ4v) is 2.20. The lowest BCUT2D eigenvalue weighted by atomic mass is 9.79. The molecule has 4 N–H and O–H groups in total. The molecule has 2 atom stereocenters. The number of carboxylic acids is 1. The third-order valence-electron chi connectivity index (χ3n) is 3.04. The first-order chi connectivity index (χ1) is 7.94. The number of aliphatic carboxylic acids is 1. The molecule has 2 rings (SSSR count). The first kappa shape index (κ1) is 11.6. The van der Waals surface area contributed by atoms with Gasteiger partial charge in [-0.25, -0.2) is 0 Å². The average Bonchev–Trinajstić information content (AvgIpc) is 2.57. The van der Waals surface area contributed by atoms with Gasteiger partial charge in [0, 0.05) is 17.2 Å². The highest BCUT2D eigenvalue weighted by Gasteiger charge is 2.37. The number of phenolic OH excluding ortho intramolecular Hbond substituents is 1. The van der Waals surface area contributed by atoms with Crippen molar-refractivity contribution in [1.29, 1.82) is 0 Å². The van der Waals surface area contributed by atoms with Crippen LogP contribution in [0.4, 0.5) is 5.69 Å². The number of hydrogen-bond donors (Lipinski definition) is 3. The minimum Gasteiger partial charge on any atom is -0.508 e. The van der Waals surface area contributed by atoms with Crippen LogP contribution in [0.25, 0.3) is 0 Å². The van der Waals surface area contributed by atoms with Crippen molar-refractivity contribution in [2.75, 3.05) is 0 Å². The molecule has 5 heteroatoms. The van der Waals surface area contributed by atoms with Gasteiger partial charge in [-0.2, -0.15) is 0 Å². The fraction of sp³-hybridized carbons (Fsp3) is 0.333. The van der Waals surface area contributed by atoms with Crippen LogP contribution >= 0.6 is 0 Å². The Morgan fingerprint density at radius 2 is 2.29 bits per heavy atom. The van der Waals surface area contributed by atoms with E-state index < -0.39 is 17.4 Å². The van der Waals surface area contributed by atoms with Crippen LogP contribution in [0.15, 0.2) is 23.2 Å². The molecule has 0 radical (unpaired) electrons. The number of aromatic hydroxyl groups is 1. The normalized spacial score (nSPS) is 23.4. The number of hydrogen-bond acceptors (Lipinski definition) is 4. The van der Waals surface area contributed by atoms with E-state index in [9.17, 15) is 9.90 Å². The van der Waals surface area contributed by atoms with Crippen molar-refractivity contribution in [2.45, 2.75) is 24.8 Å². The standard InChI is InChI=1S/C12H14N2O3/c1-12(5-7(13)11(16)17)6-14-8-3-2-4-9(15)10(8)12/h2-4,6-7,15H,5,13H2,1H3,(H,16,17)/t7-,12?/m0/s1. The van der Waals surface area contributed by atoms with Crippen molar-refractivity contribution in [2.24, 2.45) is 10.7 Å². The van der Waals surface area contributed by atoms with E-state index in [0.717, 1.165) is 0 Å². The second kappa shape index (κ2) is 3.85. The SMILES string of the molecule is CC1(C[C@H](N)C(=O)O)C=Nc2cccc(O)c21. The highest BCUT2D eigenvalue weighted by molar-refractivity contribution is 5.87. The Hall–Kier alpha value is -1.88. The summed E-state index contributed by atoms with van der Waals surface area (Å²) in [5.74, 6) is -0.927. The van der Waals surface area contributed by atoms with E-state index >= 15 is 0 Å². The van der Waals surface area contributed by atoms with E-state index in [1.807, 2.05) is 6.92 Å². The van der Waals surface area contributed by atoms with E-state index in [4.69, 9.17) is 10.8 Å². The van der Waals surface area contributed by atoms with Gasteiger partial charge in [-0.1, -0.05) is 13.0 Å². The molecule has 0 saturated carbocycles. The van der Waals surface area contributed by atoms with Gasteiger partial charge in [0.15, 0.2) is 0 Å². The lowest BCUT2D eigenvalue weighted by Gasteiger charge is -2.25. The molecule has 1 heterocycles. The maximum absolute atomic E-state index is 10.8. The molecule has 0 saturated heterocycles. The van der Waals surface area contributed by atoms with Crippen LogP contribution in [0.5, 0.6) is 5.75 Å². The van der Waals surface area contributed by atoms with Gasteiger partial charge in [0.05, 0.1) is 5.69 Å². The van der Waals surface area contributed by atoms with Crippen LogP contribution in [0.1, 0.15) is 18.9 Å². The number of nitrogens with two attached hydrogens (primary N) is 1. The third-order valence-corrected chi connectivity index (χ3v) is 3.04. The van der Waals surface area contributed by atoms with Gasteiger partial charge in [-0.3, -0.25) is 9.79 Å². The Morgan fingerprint density at radius 1 is 1.59 bits per heavy atom.